The van der Waals surface area contributed by atoms with E-state index in [2.05, 4.69) is 27.4 Å². The van der Waals surface area contributed by atoms with Crippen LogP contribution < -0.4 is 15.5 Å². The minimum absolute atomic E-state index is 0.156. The van der Waals surface area contributed by atoms with E-state index in [1.54, 1.807) is 6.20 Å². The minimum atomic E-state index is -0.244. The average Bonchev–Trinajstić information content (AvgIpc) is 3.06. The van der Waals surface area contributed by atoms with E-state index in [4.69, 9.17) is 0 Å². The van der Waals surface area contributed by atoms with Gasteiger partial charge in [-0.3, -0.25) is 9.69 Å². The molecule has 0 saturated carbocycles. The number of anilines is 3. The molecule has 0 radical (unpaired) electrons. The van der Waals surface area contributed by atoms with Crippen molar-refractivity contribution in [3.05, 3.63) is 60.0 Å². The van der Waals surface area contributed by atoms with Crippen LogP contribution in [-0.4, -0.2) is 43.5 Å². The zero-order chi connectivity index (χ0) is 20.2. The van der Waals surface area contributed by atoms with Gasteiger partial charge in [0.1, 0.15) is 5.82 Å². The van der Waals surface area contributed by atoms with Crippen molar-refractivity contribution in [1.82, 2.24) is 4.90 Å². The van der Waals surface area contributed by atoms with Crippen LogP contribution in [0.15, 0.2) is 48.7 Å². The predicted octanol–water partition coefficient (Wildman–Crippen LogP) is 4.15. The van der Waals surface area contributed by atoms with Crippen molar-refractivity contribution in [3.63, 3.8) is 0 Å². The fourth-order valence-electron chi connectivity index (χ4n) is 3.88. The number of piperazine rings is 1. The molecule has 2 aromatic carbocycles. The molecule has 2 aromatic rings. The number of nitrogens with zero attached hydrogens (tertiary/aromatic N) is 2. The van der Waals surface area contributed by atoms with Gasteiger partial charge in [-0.05, 0) is 37.2 Å². The summed E-state index contributed by atoms with van der Waals surface area (Å²) in [5.74, 6) is -0.400. The van der Waals surface area contributed by atoms with Gasteiger partial charge < -0.3 is 15.5 Å². The second-order valence-corrected chi connectivity index (χ2v) is 7.55. The van der Waals surface area contributed by atoms with E-state index >= 15 is 0 Å². The summed E-state index contributed by atoms with van der Waals surface area (Å²) in [7, 11) is 0. The number of hydrogen-bond donors (Lipinski definition) is 2. The Bertz CT molecular complexity index is 919. The molecule has 0 unspecified atom stereocenters. The summed E-state index contributed by atoms with van der Waals surface area (Å²) in [5.41, 5.74) is 3.46. The third kappa shape index (κ3) is 4.27. The van der Waals surface area contributed by atoms with Crippen LogP contribution in [0.25, 0.3) is 5.57 Å². The summed E-state index contributed by atoms with van der Waals surface area (Å²) in [6.07, 6.45) is 4.06. The molecule has 1 amide bonds. The summed E-state index contributed by atoms with van der Waals surface area (Å²) >= 11 is 0. The lowest BCUT2D eigenvalue weighted by Crippen LogP contribution is -2.46. The molecule has 152 valence electrons. The monoisotopic (exact) mass is 394 g/mol. The van der Waals surface area contributed by atoms with Crippen molar-refractivity contribution in [3.8, 4) is 0 Å². The van der Waals surface area contributed by atoms with Crippen molar-refractivity contribution < 1.29 is 9.18 Å². The number of rotatable bonds is 6. The maximum absolute atomic E-state index is 14.8. The fourth-order valence-corrected chi connectivity index (χ4v) is 3.88. The number of unbranched alkanes of at least 4 members (excludes halogenated alkanes) is 1. The van der Waals surface area contributed by atoms with Crippen LogP contribution >= 0.6 is 0 Å². The number of para-hydroxylation sites is 1. The molecule has 2 aliphatic rings. The summed E-state index contributed by atoms with van der Waals surface area (Å²) in [4.78, 5) is 16.7. The Kier molecular flexibility index (Phi) is 5.81. The summed E-state index contributed by atoms with van der Waals surface area (Å²) in [5, 5.41) is 5.90. The van der Waals surface area contributed by atoms with Crippen LogP contribution in [0.5, 0.6) is 0 Å². The molecule has 6 heteroatoms. The van der Waals surface area contributed by atoms with Crippen LogP contribution in [0.2, 0.25) is 0 Å². The van der Waals surface area contributed by atoms with Crippen LogP contribution in [0.1, 0.15) is 25.3 Å². The van der Waals surface area contributed by atoms with Crippen LogP contribution in [-0.2, 0) is 4.79 Å². The first-order valence-corrected chi connectivity index (χ1v) is 10.3. The molecule has 4 rings (SSSR count). The highest BCUT2D eigenvalue weighted by atomic mass is 19.1. The maximum Gasteiger partial charge on any atom is 0.257 e. The smallest absolute Gasteiger partial charge is 0.257 e. The van der Waals surface area contributed by atoms with Gasteiger partial charge in [-0.25, -0.2) is 4.39 Å². The highest BCUT2D eigenvalue weighted by molar-refractivity contribution is 6.31. The van der Waals surface area contributed by atoms with Gasteiger partial charge in [-0.15, -0.1) is 0 Å². The van der Waals surface area contributed by atoms with E-state index < -0.39 is 0 Å². The first-order chi connectivity index (χ1) is 14.2. The molecular formula is C23H27FN4O. The molecule has 0 bridgehead atoms. The quantitative estimate of drug-likeness (QED) is 0.723. The number of fused-ring (bicyclic) bond motifs is 1. The van der Waals surface area contributed by atoms with Gasteiger partial charge in [0.2, 0.25) is 0 Å². The van der Waals surface area contributed by atoms with Crippen LogP contribution in [0.3, 0.4) is 0 Å². The van der Waals surface area contributed by atoms with Crippen molar-refractivity contribution in [2.45, 2.75) is 19.8 Å². The third-order valence-electron chi connectivity index (χ3n) is 5.58. The molecule has 0 aromatic heterocycles. The fraction of sp³-hybridized carbons (Fsp3) is 0.348. The van der Waals surface area contributed by atoms with E-state index in [0.717, 1.165) is 44.0 Å². The van der Waals surface area contributed by atoms with Gasteiger partial charge in [0.25, 0.3) is 5.91 Å². The average molecular weight is 394 g/mol. The zero-order valence-electron chi connectivity index (χ0n) is 16.7. The van der Waals surface area contributed by atoms with E-state index in [0.29, 0.717) is 16.9 Å². The Hall–Kier alpha value is -2.86. The number of halogens is 1. The number of hydrogen-bond acceptors (Lipinski definition) is 4. The van der Waals surface area contributed by atoms with Crippen LogP contribution in [0.4, 0.5) is 21.5 Å². The summed E-state index contributed by atoms with van der Waals surface area (Å²) in [6, 6.07) is 12.7. The number of carbonyl (C=O) groups is 1. The van der Waals surface area contributed by atoms with Crippen molar-refractivity contribution >= 4 is 28.5 Å². The molecular weight excluding hydrogens is 367 g/mol. The van der Waals surface area contributed by atoms with Crippen LogP contribution in [0, 0.1) is 5.82 Å². The second-order valence-electron chi connectivity index (χ2n) is 7.55. The molecule has 1 fully saturated rings. The molecule has 2 heterocycles. The third-order valence-corrected chi connectivity index (χ3v) is 5.58. The molecule has 2 N–H and O–H groups in total. The van der Waals surface area contributed by atoms with Gasteiger partial charge in [-0.1, -0.05) is 31.5 Å². The molecule has 0 aliphatic carbocycles. The molecule has 5 nitrogen and oxygen atoms in total. The second kappa shape index (κ2) is 8.66. The number of nitrogens with one attached hydrogen (secondary N) is 2. The van der Waals surface area contributed by atoms with E-state index in [1.165, 1.54) is 18.9 Å². The zero-order valence-corrected chi connectivity index (χ0v) is 16.7. The topological polar surface area (TPSA) is 47.6 Å². The Labute approximate surface area is 171 Å². The summed E-state index contributed by atoms with van der Waals surface area (Å²) < 4.78 is 14.8. The molecule has 1 saturated heterocycles. The van der Waals surface area contributed by atoms with Crippen molar-refractivity contribution in [1.29, 1.82) is 0 Å². The van der Waals surface area contributed by atoms with Gasteiger partial charge in [0, 0.05) is 49.3 Å². The highest BCUT2D eigenvalue weighted by Gasteiger charge is 2.23. The Morgan fingerprint density at radius 3 is 2.69 bits per heavy atom. The van der Waals surface area contributed by atoms with Crippen molar-refractivity contribution in [2.24, 2.45) is 0 Å². The lowest BCUT2D eigenvalue weighted by atomic mass is 10.1. The Morgan fingerprint density at radius 1 is 1.14 bits per heavy atom. The lowest BCUT2D eigenvalue weighted by Gasteiger charge is -2.36. The van der Waals surface area contributed by atoms with Gasteiger partial charge in [-0.2, -0.15) is 0 Å². The molecule has 0 atom stereocenters. The van der Waals surface area contributed by atoms with Crippen molar-refractivity contribution in [2.75, 3.05) is 48.3 Å². The number of amides is 1. The standard InChI is InChI=1S/C23H27FN4O/c1-2-3-10-27-11-13-28(14-12-27)22-9-8-17(15-20(22)24)25-16-19-18-6-4-5-7-21(18)26-23(19)29/h4-9,15-16,25H,2-3,10-14H2,1H3,(H,26,29)/b19-16+. The van der Waals surface area contributed by atoms with Gasteiger partial charge in [0.05, 0.1) is 11.3 Å². The number of carbonyl (C=O) groups excluding carboxylic acids is 1. The summed E-state index contributed by atoms with van der Waals surface area (Å²) in [6.45, 7) is 6.96. The lowest BCUT2D eigenvalue weighted by molar-refractivity contribution is -0.110. The Morgan fingerprint density at radius 2 is 1.93 bits per heavy atom. The Balaban J connectivity index is 1.42. The predicted molar refractivity (Wildman–Crippen MR) is 117 cm³/mol. The van der Waals surface area contributed by atoms with E-state index in [-0.39, 0.29) is 11.7 Å². The van der Waals surface area contributed by atoms with Gasteiger partial charge >= 0.3 is 0 Å². The number of benzene rings is 2. The highest BCUT2D eigenvalue weighted by Crippen LogP contribution is 2.31. The first kappa shape index (κ1) is 19.5. The van der Waals surface area contributed by atoms with E-state index in [9.17, 15) is 9.18 Å². The molecule has 2 aliphatic heterocycles. The molecule has 0 spiro atoms. The SMILES string of the molecule is CCCCN1CCN(c2ccc(N/C=C3/C(=O)Nc4ccccc43)cc2F)CC1. The molecule has 29 heavy (non-hydrogen) atoms. The maximum atomic E-state index is 14.8. The van der Waals surface area contributed by atoms with Gasteiger partial charge in [0.15, 0.2) is 0 Å². The normalized spacial score (nSPS) is 18.1. The first-order valence-electron chi connectivity index (χ1n) is 10.3. The van der Waals surface area contributed by atoms with E-state index in [1.807, 2.05) is 36.4 Å². The minimum Gasteiger partial charge on any atom is -0.367 e. The largest absolute Gasteiger partial charge is 0.367 e.